The average molecular weight is 347 g/mol. The Hall–Kier alpha value is -3.39. The van der Waals surface area contributed by atoms with Crippen molar-refractivity contribution < 1.29 is 5.11 Å². The van der Waals surface area contributed by atoms with Gasteiger partial charge in [-0.3, -0.25) is 0 Å². The second kappa shape index (κ2) is 6.85. The van der Waals surface area contributed by atoms with Gasteiger partial charge in [-0.15, -0.1) is 0 Å². The number of hydrogen-bond donors (Lipinski definition) is 2. The topological polar surface area (TPSA) is 102 Å². The maximum absolute atomic E-state index is 10.4. The van der Waals surface area contributed by atoms with Crippen molar-refractivity contribution in [3.63, 3.8) is 0 Å². The van der Waals surface area contributed by atoms with Crippen LogP contribution in [-0.4, -0.2) is 41.4 Å². The van der Waals surface area contributed by atoms with E-state index in [1.54, 1.807) is 29.3 Å². The minimum atomic E-state index is -0.645. The smallest absolute Gasteiger partial charge is 0.252 e. The molecule has 0 radical (unpaired) electrons. The quantitative estimate of drug-likeness (QED) is 0.570. The highest BCUT2D eigenvalue weighted by atomic mass is 16.3. The summed E-state index contributed by atoms with van der Waals surface area (Å²) >= 11 is 0. The summed E-state index contributed by atoms with van der Waals surface area (Å²) in [6, 6.07) is 9.53. The summed E-state index contributed by atoms with van der Waals surface area (Å²) in [5, 5.41) is 18.6. The number of aliphatic hydroxyl groups is 1. The molecule has 8 nitrogen and oxygen atoms in total. The van der Waals surface area contributed by atoms with Crippen LogP contribution in [0, 0.1) is 6.92 Å². The predicted molar refractivity (Wildman–Crippen MR) is 96.9 cm³/mol. The molecule has 0 fully saturated rings. The van der Waals surface area contributed by atoms with E-state index in [2.05, 4.69) is 30.4 Å². The highest BCUT2D eigenvalue weighted by Crippen LogP contribution is 2.21. The van der Waals surface area contributed by atoms with Gasteiger partial charge in [-0.05, 0) is 18.6 Å². The summed E-state index contributed by atoms with van der Waals surface area (Å²) in [5.41, 5.74) is 2.60. The third kappa shape index (κ3) is 3.09. The molecule has 0 amide bonds. The van der Waals surface area contributed by atoms with Crippen molar-refractivity contribution in [1.29, 1.82) is 0 Å². The highest BCUT2D eigenvalue weighted by molar-refractivity contribution is 5.86. The first kappa shape index (κ1) is 16.1. The van der Waals surface area contributed by atoms with Gasteiger partial charge in [-0.25, -0.2) is 19.9 Å². The third-order valence-electron chi connectivity index (χ3n) is 4.03. The molecule has 0 aliphatic heterocycles. The first-order valence-corrected chi connectivity index (χ1v) is 8.17. The summed E-state index contributed by atoms with van der Waals surface area (Å²) in [4.78, 5) is 16.9. The zero-order chi connectivity index (χ0) is 17.9. The summed E-state index contributed by atoms with van der Waals surface area (Å²) in [6.45, 7) is 2.34. The zero-order valence-electron chi connectivity index (χ0n) is 14.1. The van der Waals surface area contributed by atoms with Gasteiger partial charge in [0.2, 0.25) is 0 Å². The van der Waals surface area contributed by atoms with Crippen molar-refractivity contribution in [2.45, 2.75) is 13.0 Å². The van der Waals surface area contributed by atoms with Crippen LogP contribution in [0.15, 0.2) is 55.2 Å². The molecule has 0 saturated carbocycles. The zero-order valence-corrected chi connectivity index (χ0v) is 14.1. The fourth-order valence-electron chi connectivity index (χ4n) is 2.63. The lowest BCUT2D eigenvalue weighted by atomic mass is 10.1. The number of nitrogens with zero attached hydrogens (tertiary/aromatic N) is 6. The molecule has 0 spiro atoms. The van der Waals surface area contributed by atoms with E-state index in [0.29, 0.717) is 24.0 Å². The molecular weight excluding hydrogens is 330 g/mol. The molecule has 26 heavy (non-hydrogen) atoms. The van der Waals surface area contributed by atoms with Crippen molar-refractivity contribution in [2.75, 3.05) is 11.9 Å². The van der Waals surface area contributed by atoms with Crippen molar-refractivity contribution in [2.24, 2.45) is 0 Å². The number of fused-ring (bicyclic) bond motifs is 1. The normalized spacial score (nSPS) is 12.2. The second-order valence-electron chi connectivity index (χ2n) is 5.87. The van der Waals surface area contributed by atoms with Gasteiger partial charge in [0.25, 0.3) is 5.95 Å². The standard InChI is InChI=1S/C18H17N7O/c1-12-3-5-13(6-4-12)15(26)10-21-16-14-9-24-25(17(14)23-11-22-16)18-19-7-2-8-20-18/h2-9,11,15,26H,10H2,1H3,(H,21,22,23). The molecule has 1 atom stereocenters. The van der Waals surface area contributed by atoms with Crippen LogP contribution in [0.25, 0.3) is 17.0 Å². The van der Waals surface area contributed by atoms with Crippen LogP contribution in [0.3, 0.4) is 0 Å². The third-order valence-corrected chi connectivity index (χ3v) is 4.03. The number of aliphatic hydroxyl groups excluding tert-OH is 1. The SMILES string of the molecule is Cc1ccc(C(O)CNc2ncnc3c2cnn3-c2ncccn2)cc1. The van der Waals surface area contributed by atoms with Gasteiger partial charge >= 0.3 is 0 Å². The van der Waals surface area contributed by atoms with E-state index in [4.69, 9.17) is 0 Å². The lowest BCUT2D eigenvalue weighted by Gasteiger charge is -2.13. The lowest BCUT2D eigenvalue weighted by molar-refractivity contribution is 0.191. The van der Waals surface area contributed by atoms with Gasteiger partial charge in [0.05, 0.1) is 17.7 Å². The average Bonchev–Trinajstić information content (AvgIpc) is 3.12. The van der Waals surface area contributed by atoms with Crippen LogP contribution in [0.1, 0.15) is 17.2 Å². The number of aryl methyl sites for hydroxylation is 1. The number of rotatable bonds is 5. The fraction of sp³-hybridized carbons (Fsp3) is 0.167. The molecule has 8 heteroatoms. The van der Waals surface area contributed by atoms with Crippen LogP contribution >= 0.6 is 0 Å². The Balaban J connectivity index is 1.57. The number of nitrogens with one attached hydrogen (secondary N) is 1. The van der Waals surface area contributed by atoms with Gasteiger partial charge in [0, 0.05) is 18.9 Å². The predicted octanol–water partition coefficient (Wildman–Crippen LogP) is 2.06. The molecule has 3 heterocycles. The van der Waals surface area contributed by atoms with E-state index in [1.807, 2.05) is 31.2 Å². The van der Waals surface area contributed by atoms with Crippen molar-refractivity contribution in [3.05, 3.63) is 66.4 Å². The Morgan fingerprint density at radius 2 is 1.85 bits per heavy atom. The van der Waals surface area contributed by atoms with Gasteiger partial charge in [-0.1, -0.05) is 29.8 Å². The molecule has 0 aliphatic carbocycles. The van der Waals surface area contributed by atoms with Crippen molar-refractivity contribution >= 4 is 16.9 Å². The largest absolute Gasteiger partial charge is 0.387 e. The molecule has 4 rings (SSSR count). The van der Waals surface area contributed by atoms with Crippen LogP contribution in [0.4, 0.5) is 5.82 Å². The van der Waals surface area contributed by atoms with Gasteiger partial charge < -0.3 is 10.4 Å². The van der Waals surface area contributed by atoms with E-state index in [9.17, 15) is 5.11 Å². The molecule has 2 N–H and O–H groups in total. The Bertz CT molecular complexity index is 1010. The van der Waals surface area contributed by atoms with Crippen LogP contribution in [-0.2, 0) is 0 Å². The molecule has 0 saturated heterocycles. The van der Waals surface area contributed by atoms with E-state index in [-0.39, 0.29) is 0 Å². The van der Waals surface area contributed by atoms with Crippen molar-refractivity contribution in [3.8, 4) is 5.95 Å². The van der Waals surface area contributed by atoms with Gasteiger partial charge in [-0.2, -0.15) is 9.78 Å². The summed E-state index contributed by atoms with van der Waals surface area (Å²) in [5.74, 6) is 1.04. The molecule has 4 aromatic rings. The van der Waals surface area contributed by atoms with E-state index in [0.717, 1.165) is 16.5 Å². The molecule has 1 aromatic carbocycles. The lowest BCUT2D eigenvalue weighted by Crippen LogP contribution is -2.13. The minimum Gasteiger partial charge on any atom is -0.387 e. The highest BCUT2D eigenvalue weighted by Gasteiger charge is 2.14. The summed E-state index contributed by atoms with van der Waals surface area (Å²) in [6.07, 6.45) is 5.76. The maximum Gasteiger partial charge on any atom is 0.252 e. The number of anilines is 1. The monoisotopic (exact) mass is 347 g/mol. The van der Waals surface area contributed by atoms with Crippen LogP contribution in [0.5, 0.6) is 0 Å². The van der Waals surface area contributed by atoms with Crippen LogP contribution < -0.4 is 5.32 Å². The molecule has 3 aromatic heterocycles. The summed E-state index contributed by atoms with van der Waals surface area (Å²) in [7, 11) is 0. The van der Waals surface area contributed by atoms with Gasteiger partial charge in [0.15, 0.2) is 5.65 Å². The van der Waals surface area contributed by atoms with Gasteiger partial charge in [0.1, 0.15) is 12.1 Å². The van der Waals surface area contributed by atoms with E-state index < -0.39 is 6.10 Å². The molecule has 130 valence electrons. The Kier molecular flexibility index (Phi) is 4.24. The molecule has 0 aliphatic rings. The van der Waals surface area contributed by atoms with E-state index >= 15 is 0 Å². The van der Waals surface area contributed by atoms with Crippen molar-refractivity contribution in [1.82, 2.24) is 29.7 Å². The Labute approximate surface area is 149 Å². The number of benzene rings is 1. The second-order valence-corrected chi connectivity index (χ2v) is 5.87. The Morgan fingerprint density at radius 1 is 1.08 bits per heavy atom. The molecule has 1 unspecified atom stereocenters. The Morgan fingerprint density at radius 3 is 2.62 bits per heavy atom. The first-order chi connectivity index (χ1) is 12.7. The molecular formula is C18H17N7O. The van der Waals surface area contributed by atoms with E-state index in [1.165, 1.54) is 6.33 Å². The number of aromatic nitrogens is 6. The fourth-order valence-corrected chi connectivity index (χ4v) is 2.63. The van der Waals surface area contributed by atoms with Crippen LogP contribution in [0.2, 0.25) is 0 Å². The number of hydrogen-bond acceptors (Lipinski definition) is 7. The first-order valence-electron chi connectivity index (χ1n) is 8.17. The maximum atomic E-state index is 10.4. The summed E-state index contributed by atoms with van der Waals surface area (Å²) < 4.78 is 1.55. The molecule has 0 bridgehead atoms. The minimum absolute atomic E-state index is 0.322.